The molecule has 2 aromatic heterocycles. The zero-order valence-electron chi connectivity index (χ0n) is 14.4. The molecule has 0 radical (unpaired) electrons. The second kappa shape index (κ2) is 6.44. The third-order valence-electron chi connectivity index (χ3n) is 5.11. The van der Waals surface area contributed by atoms with Crippen LogP contribution in [0.15, 0.2) is 42.7 Å². The van der Waals surface area contributed by atoms with Crippen LogP contribution in [0.25, 0.3) is 5.82 Å². The van der Waals surface area contributed by atoms with E-state index < -0.39 is 17.1 Å². The predicted octanol–water partition coefficient (Wildman–Crippen LogP) is 2.91. The minimum absolute atomic E-state index is 0.233. The number of carbonyl (C=O) groups is 1. The van der Waals surface area contributed by atoms with E-state index in [2.05, 4.69) is 10.1 Å². The molecule has 27 heavy (non-hydrogen) atoms. The number of aromatic nitrogens is 3. The van der Waals surface area contributed by atoms with Gasteiger partial charge in [-0.3, -0.25) is 10.0 Å². The first-order valence-corrected chi connectivity index (χ1v) is 8.72. The van der Waals surface area contributed by atoms with Crippen LogP contribution in [0.1, 0.15) is 22.4 Å². The number of nitrogens with zero attached hydrogens (tertiary/aromatic N) is 3. The maximum Gasteiger partial charge on any atom is 0.254 e. The van der Waals surface area contributed by atoms with Gasteiger partial charge in [0, 0.05) is 18.8 Å². The van der Waals surface area contributed by atoms with Crippen LogP contribution in [0.4, 0.5) is 4.39 Å². The van der Waals surface area contributed by atoms with Crippen molar-refractivity contribution in [3.63, 3.8) is 0 Å². The van der Waals surface area contributed by atoms with Crippen LogP contribution in [0.2, 0.25) is 5.02 Å². The Balaban J connectivity index is 1.78. The van der Waals surface area contributed by atoms with E-state index in [0.717, 1.165) is 5.56 Å². The Bertz CT molecular complexity index is 1030. The van der Waals surface area contributed by atoms with Gasteiger partial charge in [-0.25, -0.2) is 19.5 Å². The molecule has 4 rings (SSSR count). The SMILES string of the molecule is Cc1c(F)cccc1C1(C(=O)NO)Cc2cn(-c3ncccc3Cl)nc2C1. The Hall–Kier alpha value is -2.77. The molecule has 0 saturated carbocycles. The normalized spacial score (nSPS) is 18.4. The van der Waals surface area contributed by atoms with E-state index in [0.29, 0.717) is 27.7 Å². The lowest BCUT2D eigenvalue weighted by Gasteiger charge is -2.28. The molecule has 1 aliphatic rings. The summed E-state index contributed by atoms with van der Waals surface area (Å²) in [6.07, 6.45) is 3.90. The van der Waals surface area contributed by atoms with Crippen LogP contribution in [0, 0.1) is 12.7 Å². The number of amides is 1. The van der Waals surface area contributed by atoms with Crippen LogP contribution in [0.3, 0.4) is 0 Å². The number of halogens is 2. The van der Waals surface area contributed by atoms with Crippen LogP contribution in [-0.4, -0.2) is 25.9 Å². The maximum absolute atomic E-state index is 14.1. The number of pyridine rings is 1. The number of hydrogen-bond acceptors (Lipinski definition) is 4. The summed E-state index contributed by atoms with van der Waals surface area (Å²) < 4.78 is 15.7. The van der Waals surface area contributed by atoms with Crippen LogP contribution in [0.5, 0.6) is 0 Å². The molecule has 1 aliphatic carbocycles. The van der Waals surface area contributed by atoms with Crippen molar-refractivity contribution in [3.05, 3.63) is 75.9 Å². The number of benzene rings is 1. The zero-order chi connectivity index (χ0) is 19.2. The van der Waals surface area contributed by atoms with Gasteiger partial charge in [0.05, 0.1) is 16.1 Å². The lowest BCUT2D eigenvalue weighted by atomic mass is 9.75. The van der Waals surface area contributed by atoms with Gasteiger partial charge in [0.2, 0.25) is 0 Å². The Kier molecular flexibility index (Phi) is 4.20. The summed E-state index contributed by atoms with van der Waals surface area (Å²) in [5.41, 5.74) is 3.05. The third kappa shape index (κ3) is 2.70. The lowest BCUT2D eigenvalue weighted by molar-refractivity contribution is -0.135. The monoisotopic (exact) mass is 386 g/mol. The lowest BCUT2D eigenvalue weighted by Crippen LogP contribution is -2.45. The summed E-state index contributed by atoms with van der Waals surface area (Å²) in [7, 11) is 0. The average Bonchev–Trinajstić information content (AvgIpc) is 3.20. The van der Waals surface area contributed by atoms with Crippen molar-refractivity contribution in [1.82, 2.24) is 20.2 Å². The van der Waals surface area contributed by atoms with Crippen molar-refractivity contribution in [2.24, 2.45) is 0 Å². The number of nitrogens with one attached hydrogen (secondary N) is 1. The topological polar surface area (TPSA) is 80.0 Å². The molecule has 1 amide bonds. The third-order valence-corrected chi connectivity index (χ3v) is 5.41. The van der Waals surface area contributed by atoms with Crippen molar-refractivity contribution in [2.45, 2.75) is 25.2 Å². The fraction of sp³-hybridized carbons (Fsp3) is 0.211. The first-order valence-electron chi connectivity index (χ1n) is 8.35. The molecule has 2 N–H and O–H groups in total. The van der Waals surface area contributed by atoms with Crippen molar-refractivity contribution in [3.8, 4) is 5.82 Å². The van der Waals surface area contributed by atoms with Crippen LogP contribution >= 0.6 is 11.6 Å². The molecule has 138 valence electrons. The average molecular weight is 387 g/mol. The van der Waals surface area contributed by atoms with Gasteiger partial charge in [-0.2, -0.15) is 5.10 Å². The second-order valence-electron chi connectivity index (χ2n) is 6.64. The molecular weight excluding hydrogens is 371 g/mol. The van der Waals surface area contributed by atoms with E-state index in [1.807, 2.05) is 0 Å². The molecule has 0 aliphatic heterocycles. The molecule has 0 saturated heterocycles. The molecule has 1 aromatic carbocycles. The summed E-state index contributed by atoms with van der Waals surface area (Å²) in [4.78, 5) is 16.9. The number of hydrogen-bond donors (Lipinski definition) is 2. The quantitative estimate of drug-likeness (QED) is 0.536. The van der Waals surface area contributed by atoms with E-state index in [1.54, 1.807) is 53.7 Å². The van der Waals surface area contributed by atoms with Gasteiger partial charge in [0.25, 0.3) is 5.91 Å². The smallest absolute Gasteiger partial charge is 0.254 e. The summed E-state index contributed by atoms with van der Waals surface area (Å²) in [5, 5.41) is 14.3. The van der Waals surface area contributed by atoms with Crippen molar-refractivity contribution in [1.29, 1.82) is 0 Å². The van der Waals surface area contributed by atoms with Gasteiger partial charge in [-0.15, -0.1) is 0 Å². The maximum atomic E-state index is 14.1. The van der Waals surface area contributed by atoms with Gasteiger partial charge in [-0.1, -0.05) is 23.7 Å². The Morgan fingerprint density at radius 2 is 2.15 bits per heavy atom. The predicted molar refractivity (Wildman–Crippen MR) is 96.5 cm³/mol. The summed E-state index contributed by atoms with van der Waals surface area (Å²) in [6.45, 7) is 1.63. The Morgan fingerprint density at radius 3 is 2.85 bits per heavy atom. The van der Waals surface area contributed by atoms with Crippen molar-refractivity contribution >= 4 is 17.5 Å². The van der Waals surface area contributed by atoms with E-state index >= 15 is 0 Å². The number of hydroxylamine groups is 1. The fourth-order valence-corrected chi connectivity index (χ4v) is 3.98. The highest BCUT2D eigenvalue weighted by atomic mass is 35.5. The van der Waals surface area contributed by atoms with E-state index in [-0.39, 0.29) is 12.8 Å². The Morgan fingerprint density at radius 1 is 1.33 bits per heavy atom. The molecule has 2 heterocycles. The highest BCUT2D eigenvalue weighted by Gasteiger charge is 2.48. The first-order chi connectivity index (χ1) is 13.0. The van der Waals surface area contributed by atoms with E-state index in [9.17, 15) is 14.4 Å². The number of carbonyl (C=O) groups excluding carboxylic acids is 1. The minimum Gasteiger partial charge on any atom is -0.289 e. The fourth-order valence-electron chi connectivity index (χ4n) is 3.78. The molecule has 1 atom stereocenters. The Labute approximate surface area is 159 Å². The van der Waals surface area contributed by atoms with Gasteiger partial charge < -0.3 is 0 Å². The van der Waals surface area contributed by atoms with Gasteiger partial charge in [0.1, 0.15) is 5.82 Å². The van der Waals surface area contributed by atoms with Gasteiger partial charge in [0.15, 0.2) is 5.82 Å². The van der Waals surface area contributed by atoms with Gasteiger partial charge in [-0.05, 0) is 48.2 Å². The molecule has 0 bridgehead atoms. The number of rotatable bonds is 3. The van der Waals surface area contributed by atoms with Crippen molar-refractivity contribution < 1.29 is 14.4 Å². The highest BCUT2D eigenvalue weighted by Crippen LogP contribution is 2.41. The summed E-state index contributed by atoms with van der Waals surface area (Å²) >= 11 is 6.18. The van der Waals surface area contributed by atoms with Crippen LogP contribution < -0.4 is 5.48 Å². The van der Waals surface area contributed by atoms with Gasteiger partial charge >= 0.3 is 0 Å². The molecule has 6 nitrogen and oxygen atoms in total. The van der Waals surface area contributed by atoms with Crippen LogP contribution in [-0.2, 0) is 23.1 Å². The van der Waals surface area contributed by atoms with E-state index in [4.69, 9.17) is 11.6 Å². The molecule has 3 aromatic rings. The standard InChI is InChI=1S/C19H16ClFN4O2/c1-11-13(4-2-6-15(11)21)19(18(26)24-27)8-12-10-25(23-16(12)9-19)17-14(20)5-3-7-22-17/h2-7,10,27H,8-9H2,1H3,(H,24,26). The molecule has 1 unspecified atom stereocenters. The second-order valence-corrected chi connectivity index (χ2v) is 7.05. The molecular formula is C19H16ClFN4O2. The first kappa shape index (κ1) is 17.6. The summed E-state index contributed by atoms with van der Waals surface area (Å²) in [5.74, 6) is -0.489. The zero-order valence-corrected chi connectivity index (χ0v) is 15.2. The van der Waals surface area contributed by atoms with E-state index in [1.165, 1.54) is 6.07 Å². The largest absolute Gasteiger partial charge is 0.289 e. The molecule has 0 spiro atoms. The molecule has 8 heteroatoms. The highest BCUT2D eigenvalue weighted by molar-refractivity contribution is 6.32. The number of fused-ring (bicyclic) bond motifs is 1. The molecule has 0 fully saturated rings. The minimum atomic E-state index is -1.12. The van der Waals surface area contributed by atoms with Crippen molar-refractivity contribution in [2.75, 3.05) is 0 Å². The summed E-state index contributed by atoms with van der Waals surface area (Å²) in [6, 6.07) is 8.07.